The third-order valence-corrected chi connectivity index (χ3v) is 3.58. The third-order valence-electron chi connectivity index (χ3n) is 3.58. The summed E-state index contributed by atoms with van der Waals surface area (Å²) in [7, 11) is 0. The molecule has 3 rings (SSSR count). The highest BCUT2D eigenvalue weighted by Crippen LogP contribution is 2.21. The molecule has 0 saturated carbocycles. The fraction of sp³-hybridized carbons (Fsp3) is 0.250. The normalized spacial score (nSPS) is 14.5. The van der Waals surface area contributed by atoms with Crippen LogP contribution in [0.5, 0.6) is 0 Å². The van der Waals surface area contributed by atoms with Gasteiger partial charge in [-0.05, 0) is 37.1 Å². The molecule has 1 aliphatic heterocycles. The second kappa shape index (κ2) is 5.33. The van der Waals surface area contributed by atoms with Crippen molar-refractivity contribution < 1.29 is 4.79 Å². The second-order valence-corrected chi connectivity index (χ2v) is 5.05. The van der Waals surface area contributed by atoms with Gasteiger partial charge in [-0.25, -0.2) is 0 Å². The summed E-state index contributed by atoms with van der Waals surface area (Å²) in [6, 6.07) is 11.2. The van der Waals surface area contributed by atoms with Gasteiger partial charge in [0.05, 0.1) is 5.69 Å². The number of amides is 1. The van der Waals surface area contributed by atoms with E-state index in [0.717, 1.165) is 37.2 Å². The van der Waals surface area contributed by atoms with E-state index in [1.54, 1.807) is 12.3 Å². The Hall–Kier alpha value is -2.36. The summed E-state index contributed by atoms with van der Waals surface area (Å²) in [6.07, 6.45) is 3.87. The summed E-state index contributed by atoms with van der Waals surface area (Å²) < 4.78 is 0. The molecular weight excluding hydrogens is 250 g/mol. The molecule has 0 aliphatic carbocycles. The fourth-order valence-corrected chi connectivity index (χ4v) is 2.52. The topological polar surface area (TPSA) is 59.2 Å². The maximum absolute atomic E-state index is 12.4. The number of aromatic nitrogens is 1. The van der Waals surface area contributed by atoms with Crippen molar-refractivity contribution in [3.63, 3.8) is 0 Å². The maximum atomic E-state index is 12.4. The van der Waals surface area contributed by atoms with Crippen LogP contribution in [0.15, 0.2) is 42.6 Å². The van der Waals surface area contributed by atoms with E-state index in [1.165, 1.54) is 0 Å². The molecule has 2 heterocycles. The number of carbonyl (C=O) groups excluding carboxylic acids is 1. The van der Waals surface area contributed by atoms with Crippen molar-refractivity contribution in [3.8, 4) is 11.3 Å². The van der Waals surface area contributed by atoms with Crippen LogP contribution in [0.2, 0.25) is 0 Å². The average molecular weight is 267 g/mol. The lowest BCUT2D eigenvalue weighted by molar-refractivity contribution is 0.0793. The summed E-state index contributed by atoms with van der Waals surface area (Å²) in [5.41, 5.74) is 8.89. The van der Waals surface area contributed by atoms with Crippen molar-refractivity contribution >= 4 is 11.6 Å². The number of anilines is 1. The summed E-state index contributed by atoms with van der Waals surface area (Å²) in [5, 5.41) is 0. The molecule has 1 amide bonds. The smallest absolute Gasteiger partial charge is 0.253 e. The molecule has 102 valence electrons. The van der Waals surface area contributed by atoms with Crippen LogP contribution in [-0.4, -0.2) is 28.9 Å². The molecule has 4 nitrogen and oxygen atoms in total. The summed E-state index contributed by atoms with van der Waals surface area (Å²) in [6.45, 7) is 1.71. The van der Waals surface area contributed by atoms with Crippen molar-refractivity contribution in [1.29, 1.82) is 0 Å². The zero-order valence-electron chi connectivity index (χ0n) is 11.2. The Kier molecular flexibility index (Phi) is 3.37. The molecule has 2 N–H and O–H groups in total. The molecule has 1 aromatic carbocycles. The van der Waals surface area contributed by atoms with Gasteiger partial charge < -0.3 is 10.6 Å². The number of likely N-dealkylation sites (tertiary alicyclic amines) is 1. The highest BCUT2D eigenvalue weighted by Gasteiger charge is 2.19. The number of hydrogen-bond acceptors (Lipinski definition) is 3. The number of hydrogen-bond donors (Lipinski definition) is 1. The Balaban J connectivity index is 1.91. The lowest BCUT2D eigenvalue weighted by atomic mass is 10.1. The Morgan fingerprint density at radius 3 is 2.70 bits per heavy atom. The molecule has 0 bridgehead atoms. The molecule has 0 radical (unpaired) electrons. The van der Waals surface area contributed by atoms with Crippen LogP contribution in [0.25, 0.3) is 11.3 Å². The van der Waals surface area contributed by atoms with Gasteiger partial charge in [0, 0.05) is 36.1 Å². The largest absolute Gasteiger partial charge is 0.399 e. The predicted octanol–water partition coefficient (Wildman–Crippen LogP) is 2.57. The first-order valence-corrected chi connectivity index (χ1v) is 6.85. The van der Waals surface area contributed by atoms with Crippen molar-refractivity contribution in [1.82, 2.24) is 9.88 Å². The number of benzene rings is 1. The van der Waals surface area contributed by atoms with E-state index < -0.39 is 0 Å². The summed E-state index contributed by atoms with van der Waals surface area (Å²) in [5.74, 6) is 0.0926. The van der Waals surface area contributed by atoms with E-state index in [4.69, 9.17) is 5.73 Å². The van der Waals surface area contributed by atoms with Crippen molar-refractivity contribution in [2.24, 2.45) is 0 Å². The van der Waals surface area contributed by atoms with Gasteiger partial charge >= 0.3 is 0 Å². The third kappa shape index (κ3) is 2.50. The first kappa shape index (κ1) is 12.7. The van der Waals surface area contributed by atoms with Gasteiger partial charge in [0.25, 0.3) is 5.91 Å². The molecule has 1 aromatic heterocycles. The minimum atomic E-state index is 0.0926. The number of pyridine rings is 1. The Morgan fingerprint density at radius 1 is 1.15 bits per heavy atom. The predicted molar refractivity (Wildman–Crippen MR) is 79.2 cm³/mol. The van der Waals surface area contributed by atoms with E-state index in [1.807, 2.05) is 35.2 Å². The minimum Gasteiger partial charge on any atom is -0.399 e. The minimum absolute atomic E-state index is 0.0926. The summed E-state index contributed by atoms with van der Waals surface area (Å²) in [4.78, 5) is 18.6. The lowest BCUT2D eigenvalue weighted by Crippen LogP contribution is -2.27. The van der Waals surface area contributed by atoms with Gasteiger partial charge in [0.15, 0.2) is 0 Å². The molecule has 4 heteroatoms. The molecule has 20 heavy (non-hydrogen) atoms. The first-order valence-electron chi connectivity index (χ1n) is 6.85. The Labute approximate surface area is 118 Å². The molecule has 0 unspecified atom stereocenters. The molecule has 1 aliphatic rings. The van der Waals surface area contributed by atoms with Crippen LogP contribution in [0.4, 0.5) is 5.69 Å². The van der Waals surface area contributed by atoms with Gasteiger partial charge in [-0.3, -0.25) is 9.78 Å². The molecule has 1 fully saturated rings. The highest BCUT2D eigenvalue weighted by molar-refractivity contribution is 5.95. The standard InChI is InChI=1S/C16H17N3O/c17-14-5-3-4-12(10-14)15-11-13(6-7-18-15)16(20)19-8-1-2-9-19/h3-7,10-11H,1-2,8-9,17H2. The van der Waals surface area contributed by atoms with Gasteiger partial charge in [0.2, 0.25) is 0 Å². The van der Waals surface area contributed by atoms with Crippen LogP contribution in [0.1, 0.15) is 23.2 Å². The second-order valence-electron chi connectivity index (χ2n) is 5.05. The van der Waals surface area contributed by atoms with Crippen LogP contribution in [0, 0.1) is 0 Å². The van der Waals surface area contributed by atoms with Crippen molar-refractivity contribution in [2.45, 2.75) is 12.8 Å². The fourth-order valence-electron chi connectivity index (χ4n) is 2.52. The SMILES string of the molecule is Nc1cccc(-c2cc(C(=O)N3CCCC3)ccn2)c1. The van der Waals surface area contributed by atoms with Crippen LogP contribution >= 0.6 is 0 Å². The number of nitrogen functional groups attached to an aromatic ring is 1. The quantitative estimate of drug-likeness (QED) is 0.851. The number of nitrogens with two attached hydrogens (primary N) is 1. The molecule has 1 saturated heterocycles. The molecule has 2 aromatic rings. The molecular formula is C16H17N3O. The van der Waals surface area contributed by atoms with Crippen LogP contribution < -0.4 is 5.73 Å². The monoisotopic (exact) mass is 267 g/mol. The van der Waals surface area contributed by atoms with Gasteiger partial charge in [0.1, 0.15) is 0 Å². The first-order chi connectivity index (χ1) is 9.74. The van der Waals surface area contributed by atoms with E-state index in [9.17, 15) is 4.79 Å². The van der Waals surface area contributed by atoms with Crippen LogP contribution in [0.3, 0.4) is 0 Å². The van der Waals surface area contributed by atoms with Crippen molar-refractivity contribution in [2.75, 3.05) is 18.8 Å². The van der Waals surface area contributed by atoms with Crippen LogP contribution in [-0.2, 0) is 0 Å². The Bertz CT molecular complexity index is 633. The maximum Gasteiger partial charge on any atom is 0.253 e. The van der Waals surface area contributed by atoms with Gasteiger partial charge in [-0.2, -0.15) is 0 Å². The lowest BCUT2D eigenvalue weighted by Gasteiger charge is -2.15. The molecule has 0 atom stereocenters. The average Bonchev–Trinajstić information content (AvgIpc) is 3.01. The molecule has 0 spiro atoms. The van der Waals surface area contributed by atoms with E-state index >= 15 is 0 Å². The number of rotatable bonds is 2. The van der Waals surface area contributed by atoms with E-state index in [2.05, 4.69) is 4.98 Å². The van der Waals surface area contributed by atoms with Gasteiger partial charge in [-0.1, -0.05) is 12.1 Å². The zero-order chi connectivity index (χ0) is 13.9. The Morgan fingerprint density at radius 2 is 1.95 bits per heavy atom. The highest BCUT2D eigenvalue weighted by atomic mass is 16.2. The van der Waals surface area contributed by atoms with Crippen molar-refractivity contribution in [3.05, 3.63) is 48.2 Å². The van der Waals surface area contributed by atoms with E-state index in [0.29, 0.717) is 11.3 Å². The van der Waals surface area contributed by atoms with E-state index in [-0.39, 0.29) is 5.91 Å². The number of nitrogens with zero attached hydrogens (tertiary/aromatic N) is 2. The van der Waals surface area contributed by atoms with Gasteiger partial charge in [-0.15, -0.1) is 0 Å². The zero-order valence-corrected chi connectivity index (χ0v) is 11.2. The summed E-state index contributed by atoms with van der Waals surface area (Å²) >= 11 is 0. The number of carbonyl (C=O) groups is 1.